The first-order chi connectivity index (χ1) is 9.18. The Morgan fingerprint density at radius 1 is 1.21 bits per heavy atom. The third-order valence-corrected chi connectivity index (χ3v) is 3.84. The van der Waals surface area contributed by atoms with Gasteiger partial charge in [-0.1, -0.05) is 0 Å². The fourth-order valence-electron chi connectivity index (χ4n) is 2.72. The van der Waals surface area contributed by atoms with Crippen molar-refractivity contribution in [1.82, 2.24) is 10.2 Å². The van der Waals surface area contributed by atoms with Gasteiger partial charge in [-0.05, 0) is 45.2 Å². The number of ether oxygens (including phenoxy) is 1. The highest BCUT2D eigenvalue weighted by Gasteiger charge is 2.32. The quantitative estimate of drug-likeness (QED) is 0.764. The highest BCUT2D eigenvalue weighted by atomic mass is 16.5. The highest BCUT2D eigenvalue weighted by Crippen LogP contribution is 2.18. The van der Waals surface area contributed by atoms with Crippen LogP contribution in [0.3, 0.4) is 0 Å². The second kappa shape index (κ2) is 6.86. The first-order valence-electron chi connectivity index (χ1n) is 7.03. The number of carboxylic acid groups (broad SMARTS) is 1. The molecule has 2 aliphatic heterocycles. The van der Waals surface area contributed by atoms with Crippen molar-refractivity contribution in [2.75, 3.05) is 26.2 Å². The minimum atomic E-state index is -0.907. The Labute approximate surface area is 113 Å². The first kappa shape index (κ1) is 14.3. The maximum absolute atomic E-state index is 12.1. The molecule has 2 rings (SSSR count). The molecule has 2 saturated heterocycles. The Bertz CT molecular complexity index is 329. The summed E-state index contributed by atoms with van der Waals surface area (Å²) in [6.45, 7) is 2.38. The second-order valence-corrected chi connectivity index (χ2v) is 5.20. The Hall–Kier alpha value is -1.14. The van der Waals surface area contributed by atoms with E-state index in [0.29, 0.717) is 13.0 Å². The maximum atomic E-state index is 12.1. The smallest absolute Gasteiger partial charge is 0.326 e. The van der Waals surface area contributed by atoms with Gasteiger partial charge >= 0.3 is 5.97 Å². The number of carbonyl (C=O) groups excluding carboxylic acids is 1. The van der Waals surface area contributed by atoms with Crippen molar-refractivity contribution in [2.45, 2.75) is 44.2 Å². The molecular weight excluding hydrogens is 248 g/mol. The van der Waals surface area contributed by atoms with Gasteiger partial charge in [-0.25, -0.2) is 4.79 Å². The molecule has 0 saturated carbocycles. The predicted octanol–water partition coefficient (Wildman–Crippen LogP) is 0.221. The number of hydrogen-bond acceptors (Lipinski definition) is 4. The number of likely N-dealkylation sites (tertiary alicyclic amines) is 1. The largest absolute Gasteiger partial charge is 0.480 e. The van der Waals surface area contributed by atoms with E-state index in [-0.39, 0.29) is 18.6 Å². The van der Waals surface area contributed by atoms with Crippen LogP contribution in [0, 0.1) is 0 Å². The zero-order valence-corrected chi connectivity index (χ0v) is 11.1. The molecule has 6 heteroatoms. The van der Waals surface area contributed by atoms with E-state index in [1.54, 1.807) is 0 Å². The lowest BCUT2D eigenvalue weighted by Gasteiger charge is -2.33. The molecule has 0 aromatic carbocycles. The van der Waals surface area contributed by atoms with Gasteiger partial charge in [-0.15, -0.1) is 0 Å². The van der Waals surface area contributed by atoms with Gasteiger partial charge in [0.05, 0.1) is 6.10 Å². The molecule has 2 heterocycles. The lowest BCUT2D eigenvalue weighted by molar-refractivity contribution is -0.155. The topological polar surface area (TPSA) is 78.9 Å². The van der Waals surface area contributed by atoms with Crippen molar-refractivity contribution >= 4 is 11.9 Å². The summed E-state index contributed by atoms with van der Waals surface area (Å²) in [5.74, 6) is -1.10. The Morgan fingerprint density at radius 3 is 2.63 bits per heavy atom. The Morgan fingerprint density at radius 2 is 1.95 bits per heavy atom. The van der Waals surface area contributed by atoms with Crippen LogP contribution >= 0.6 is 0 Å². The molecule has 2 fully saturated rings. The summed E-state index contributed by atoms with van der Waals surface area (Å²) in [4.78, 5) is 24.7. The third-order valence-electron chi connectivity index (χ3n) is 3.84. The number of piperidine rings is 2. The van der Waals surface area contributed by atoms with Crippen molar-refractivity contribution in [3.8, 4) is 0 Å². The zero-order chi connectivity index (χ0) is 13.7. The number of amides is 1. The van der Waals surface area contributed by atoms with Crippen LogP contribution in [0.1, 0.15) is 32.1 Å². The second-order valence-electron chi connectivity index (χ2n) is 5.20. The summed E-state index contributed by atoms with van der Waals surface area (Å²) in [6, 6.07) is -0.669. The monoisotopic (exact) mass is 270 g/mol. The van der Waals surface area contributed by atoms with Gasteiger partial charge < -0.3 is 20.1 Å². The lowest BCUT2D eigenvalue weighted by Crippen LogP contribution is -2.49. The number of nitrogens with zero attached hydrogens (tertiary/aromatic N) is 1. The van der Waals surface area contributed by atoms with Crippen molar-refractivity contribution in [1.29, 1.82) is 0 Å². The van der Waals surface area contributed by atoms with Gasteiger partial charge in [0.2, 0.25) is 5.91 Å². The molecule has 0 unspecified atom stereocenters. The van der Waals surface area contributed by atoms with E-state index >= 15 is 0 Å². The molecule has 0 bridgehead atoms. The number of carbonyl (C=O) groups is 2. The summed E-state index contributed by atoms with van der Waals surface area (Å²) in [7, 11) is 0. The molecule has 6 nitrogen and oxygen atoms in total. The molecule has 108 valence electrons. The molecule has 0 aromatic heterocycles. The number of aliphatic carboxylic acids is 1. The van der Waals surface area contributed by atoms with E-state index < -0.39 is 12.0 Å². The minimum absolute atomic E-state index is 0.00838. The Kier molecular flexibility index (Phi) is 5.15. The predicted molar refractivity (Wildman–Crippen MR) is 68.8 cm³/mol. The van der Waals surface area contributed by atoms with Gasteiger partial charge in [0.1, 0.15) is 12.6 Å². The van der Waals surface area contributed by atoms with E-state index in [9.17, 15) is 9.59 Å². The lowest BCUT2D eigenvalue weighted by atomic mass is 10.0. The molecule has 2 aliphatic rings. The molecule has 0 aromatic rings. The van der Waals surface area contributed by atoms with Crippen LogP contribution in [0.2, 0.25) is 0 Å². The number of carboxylic acids is 1. The molecule has 2 N–H and O–H groups in total. The van der Waals surface area contributed by atoms with E-state index in [2.05, 4.69) is 5.32 Å². The van der Waals surface area contributed by atoms with Gasteiger partial charge in [-0.3, -0.25) is 4.79 Å². The van der Waals surface area contributed by atoms with Crippen LogP contribution in [0.5, 0.6) is 0 Å². The average molecular weight is 270 g/mol. The molecule has 0 aliphatic carbocycles. The third kappa shape index (κ3) is 3.91. The van der Waals surface area contributed by atoms with Crippen LogP contribution in [0.4, 0.5) is 0 Å². The normalized spacial score (nSPS) is 25.3. The SMILES string of the molecule is O=C(O)[C@H]1CCCCN1C(=O)COC1CCNCC1. The highest BCUT2D eigenvalue weighted by molar-refractivity contribution is 5.84. The van der Waals surface area contributed by atoms with E-state index in [4.69, 9.17) is 9.84 Å². The van der Waals surface area contributed by atoms with Crippen molar-refractivity contribution in [2.24, 2.45) is 0 Å². The van der Waals surface area contributed by atoms with Gasteiger partial charge in [-0.2, -0.15) is 0 Å². The zero-order valence-electron chi connectivity index (χ0n) is 11.1. The van der Waals surface area contributed by atoms with Crippen molar-refractivity contribution < 1.29 is 19.4 Å². The fraction of sp³-hybridized carbons (Fsp3) is 0.846. The van der Waals surface area contributed by atoms with Gasteiger partial charge in [0, 0.05) is 6.54 Å². The molecule has 1 atom stereocenters. The first-order valence-corrected chi connectivity index (χ1v) is 7.03. The van der Waals surface area contributed by atoms with Crippen LogP contribution in [0.25, 0.3) is 0 Å². The molecular formula is C13H22N2O4. The Balaban J connectivity index is 1.81. The molecule has 1 amide bonds. The summed E-state index contributed by atoms with van der Waals surface area (Å²) >= 11 is 0. The fourth-order valence-corrected chi connectivity index (χ4v) is 2.72. The van der Waals surface area contributed by atoms with Gasteiger partial charge in [0.15, 0.2) is 0 Å². The van der Waals surface area contributed by atoms with E-state index in [0.717, 1.165) is 38.8 Å². The summed E-state index contributed by atoms with van der Waals surface area (Å²) in [5, 5.41) is 12.4. The van der Waals surface area contributed by atoms with E-state index in [1.807, 2.05) is 0 Å². The van der Waals surface area contributed by atoms with Crippen molar-refractivity contribution in [3.05, 3.63) is 0 Å². The number of hydrogen-bond donors (Lipinski definition) is 2. The minimum Gasteiger partial charge on any atom is -0.480 e. The average Bonchev–Trinajstić information content (AvgIpc) is 2.46. The van der Waals surface area contributed by atoms with Crippen LogP contribution < -0.4 is 5.32 Å². The number of nitrogens with one attached hydrogen (secondary N) is 1. The maximum Gasteiger partial charge on any atom is 0.326 e. The summed E-state index contributed by atoms with van der Waals surface area (Å²) in [6.07, 6.45) is 4.25. The van der Waals surface area contributed by atoms with Crippen LogP contribution in [0.15, 0.2) is 0 Å². The van der Waals surface area contributed by atoms with Crippen molar-refractivity contribution in [3.63, 3.8) is 0 Å². The molecule has 0 radical (unpaired) electrons. The number of rotatable bonds is 4. The molecule has 0 spiro atoms. The standard InChI is InChI=1S/C13H22N2O4/c16-12(9-19-10-4-6-14-7-5-10)15-8-2-1-3-11(15)13(17)18/h10-11,14H,1-9H2,(H,17,18)/t11-/m1/s1. The van der Waals surface area contributed by atoms with E-state index in [1.165, 1.54) is 4.90 Å². The summed E-state index contributed by atoms with van der Waals surface area (Å²) in [5.41, 5.74) is 0. The molecule has 19 heavy (non-hydrogen) atoms. The van der Waals surface area contributed by atoms with Gasteiger partial charge in [0.25, 0.3) is 0 Å². The summed E-state index contributed by atoms with van der Waals surface area (Å²) < 4.78 is 5.60. The van der Waals surface area contributed by atoms with Crippen LogP contribution in [-0.2, 0) is 14.3 Å². The van der Waals surface area contributed by atoms with Crippen LogP contribution in [-0.4, -0.2) is 60.3 Å².